The van der Waals surface area contributed by atoms with Crippen molar-refractivity contribution in [3.05, 3.63) is 47.7 Å². The second-order valence-electron chi connectivity index (χ2n) is 6.23. The largest absolute Gasteiger partial charge is 0.357 e. The number of rotatable bonds is 4. The van der Waals surface area contributed by atoms with Gasteiger partial charge >= 0.3 is 0 Å². The van der Waals surface area contributed by atoms with Crippen molar-refractivity contribution in [3.63, 3.8) is 0 Å². The molecule has 0 saturated heterocycles. The highest BCUT2D eigenvalue weighted by Gasteiger charge is 2.26. The molecule has 0 saturated carbocycles. The van der Waals surface area contributed by atoms with Gasteiger partial charge in [0.2, 0.25) is 0 Å². The second kappa shape index (κ2) is 7.11. The normalized spacial score (nSPS) is 12.7. The minimum Gasteiger partial charge on any atom is -0.357 e. The zero-order valence-corrected chi connectivity index (χ0v) is 14.6. The highest BCUT2D eigenvalue weighted by atomic mass is 35.5. The number of halogens is 1. The zero-order chi connectivity index (χ0) is 16.2. The average Bonchev–Trinajstić information content (AvgIpc) is 2.92. The van der Waals surface area contributed by atoms with Crippen LogP contribution in [0.2, 0.25) is 5.02 Å². The fourth-order valence-electron chi connectivity index (χ4n) is 2.01. The summed E-state index contributed by atoms with van der Waals surface area (Å²) in [6.45, 7) is 7.26. The standard InChI is InChI=1S/C16H21ClN4S/c1-16(2,3)14(11-21-10-6-9-18-21)20-15(22)19-13-8-5-4-7-12(13)17/h4-10,14H,11H2,1-3H3,(H2,19,20,22). The zero-order valence-electron chi connectivity index (χ0n) is 13.0. The SMILES string of the molecule is CC(C)(C)C(Cn1cccn1)NC(=S)Nc1ccccc1Cl. The molecule has 2 aromatic rings. The van der Waals surface area contributed by atoms with Crippen LogP contribution < -0.4 is 10.6 Å². The number of benzene rings is 1. The molecule has 0 aliphatic heterocycles. The van der Waals surface area contributed by atoms with Gasteiger partial charge in [-0.3, -0.25) is 4.68 Å². The summed E-state index contributed by atoms with van der Waals surface area (Å²) in [6, 6.07) is 9.59. The average molecular weight is 337 g/mol. The predicted octanol–water partition coefficient (Wildman–Crippen LogP) is 3.94. The predicted molar refractivity (Wildman–Crippen MR) is 96.3 cm³/mol. The lowest BCUT2D eigenvalue weighted by atomic mass is 9.87. The number of anilines is 1. The Morgan fingerprint density at radius 1 is 1.32 bits per heavy atom. The van der Waals surface area contributed by atoms with E-state index >= 15 is 0 Å². The maximum absolute atomic E-state index is 6.15. The summed E-state index contributed by atoms with van der Waals surface area (Å²) >= 11 is 11.6. The summed E-state index contributed by atoms with van der Waals surface area (Å²) in [6.07, 6.45) is 3.73. The summed E-state index contributed by atoms with van der Waals surface area (Å²) in [5, 5.41) is 12.0. The molecule has 0 fully saturated rings. The van der Waals surface area contributed by atoms with Crippen LogP contribution in [0.3, 0.4) is 0 Å². The maximum atomic E-state index is 6.15. The molecule has 2 N–H and O–H groups in total. The van der Waals surface area contributed by atoms with Crippen LogP contribution in [0.1, 0.15) is 20.8 Å². The molecular formula is C16H21ClN4S. The molecule has 1 atom stereocenters. The topological polar surface area (TPSA) is 41.9 Å². The third-order valence-corrected chi connectivity index (χ3v) is 3.95. The van der Waals surface area contributed by atoms with E-state index in [2.05, 4.69) is 36.5 Å². The first-order valence-corrected chi connectivity index (χ1v) is 7.94. The molecule has 0 aliphatic carbocycles. The Morgan fingerprint density at radius 2 is 2.05 bits per heavy atom. The number of hydrogen-bond donors (Lipinski definition) is 2. The van der Waals surface area contributed by atoms with Gasteiger partial charge in [-0.2, -0.15) is 5.10 Å². The van der Waals surface area contributed by atoms with E-state index in [1.165, 1.54) is 0 Å². The van der Waals surface area contributed by atoms with Gasteiger partial charge in [-0.1, -0.05) is 44.5 Å². The van der Waals surface area contributed by atoms with E-state index < -0.39 is 0 Å². The molecule has 1 heterocycles. The minimum absolute atomic E-state index is 0.0260. The first-order chi connectivity index (χ1) is 10.4. The number of aromatic nitrogens is 2. The summed E-state index contributed by atoms with van der Waals surface area (Å²) in [7, 11) is 0. The number of para-hydroxylation sites is 1. The molecule has 1 unspecified atom stereocenters. The maximum Gasteiger partial charge on any atom is 0.171 e. The smallest absolute Gasteiger partial charge is 0.171 e. The van der Waals surface area contributed by atoms with Crippen LogP contribution in [-0.4, -0.2) is 20.9 Å². The first-order valence-electron chi connectivity index (χ1n) is 7.16. The van der Waals surface area contributed by atoms with Crippen LogP contribution in [0.5, 0.6) is 0 Å². The molecule has 4 nitrogen and oxygen atoms in total. The molecule has 118 valence electrons. The number of thiocarbonyl (C=S) groups is 1. The third kappa shape index (κ3) is 4.71. The first kappa shape index (κ1) is 16.8. The van der Waals surface area contributed by atoms with Gasteiger partial charge in [0, 0.05) is 12.4 Å². The van der Waals surface area contributed by atoms with Crippen molar-refractivity contribution in [1.82, 2.24) is 15.1 Å². The Morgan fingerprint density at radius 3 is 2.64 bits per heavy atom. The Bertz CT molecular complexity index is 619. The van der Waals surface area contributed by atoms with Crippen molar-refractivity contribution in [1.29, 1.82) is 0 Å². The molecule has 2 rings (SSSR count). The lowest BCUT2D eigenvalue weighted by Gasteiger charge is -2.32. The highest BCUT2D eigenvalue weighted by molar-refractivity contribution is 7.80. The summed E-state index contributed by atoms with van der Waals surface area (Å²) < 4.78 is 1.90. The van der Waals surface area contributed by atoms with Gasteiger partial charge in [0.05, 0.1) is 23.3 Å². The lowest BCUT2D eigenvalue weighted by Crippen LogP contribution is -2.48. The molecule has 0 radical (unpaired) electrons. The van der Waals surface area contributed by atoms with E-state index in [1.54, 1.807) is 6.20 Å². The minimum atomic E-state index is 0.0260. The van der Waals surface area contributed by atoms with Crippen LogP contribution in [0.25, 0.3) is 0 Å². The van der Waals surface area contributed by atoms with Gasteiger partial charge in [0.15, 0.2) is 5.11 Å². The Balaban J connectivity index is 2.04. The van der Waals surface area contributed by atoms with Crippen LogP contribution in [0, 0.1) is 5.41 Å². The van der Waals surface area contributed by atoms with E-state index in [0.29, 0.717) is 10.1 Å². The number of nitrogens with one attached hydrogen (secondary N) is 2. The number of nitrogens with zero attached hydrogens (tertiary/aromatic N) is 2. The molecule has 0 amide bonds. The van der Waals surface area contributed by atoms with Crippen molar-refractivity contribution in [2.24, 2.45) is 5.41 Å². The summed E-state index contributed by atoms with van der Waals surface area (Å²) in [5.41, 5.74) is 0.825. The van der Waals surface area contributed by atoms with Crippen LogP contribution in [-0.2, 0) is 6.54 Å². The number of hydrogen-bond acceptors (Lipinski definition) is 2. The van der Waals surface area contributed by atoms with Gasteiger partial charge in [0.1, 0.15) is 0 Å². The molecule has 0 bridgehead atoms. The summed E-state index contributed by atoms with van der Waals surface area (Å²) in [5.74, 6) is 0. The van der Waals surface area contributed by atoms with Crippen molar-refractivity contribution < 1.29 is 0 Å². The quantitative estimate of drug-likeness (QED) is 0.830. The van der Waals surface area contributed by atoms with E-state index in [0.717, 1.165) is 12.2 Å². The van der Waals surface area contributed by atoms with Gasteiger partial charge in [-0.15, -0.1) is 0 Å². The van der Waals surface area contributed by atoms with E-state index in [1.807, 2.05) is 41.2 Å². The highest BCUT2D eigenvalue weighted by Crippen LogP contribution is 2.22. The van der Waals surface area contributed by atoms with Crippen molar-refractivity contribution in [2.75, 3.05) is 5.32 Å². The Labute approximate surface area is 141 Å². The van der Waals surface area contributed by atoms with Gasteiger partial charge in [-0.25, -0.2) is 0 Å². The van der Waals surface area contributed by atoms with Crippen LogP contribution >= 0.6 is 23.8 Å². The van der Waals surface area contributed by atoms with Crippen molar-refractivity contribution >= 4 is 34.6 Å². The molecule has 1 aromatic carbocycles. The van der Waals surface area contributed by atoms with E-state index in [4.69, 9.17) is 23.8 Å². The molecule has 0 aliphatic rings. The van der Waals surface area contributed by atoms with Crippen molar-refractivity contribution in [3.8, 4) is 0 Å². The molecular weight excluding hydrogens is 316 g/mol. The van der Waals surface area contributed by atoms with Gasteiger partial charge < -0.3 is 10.6 Å². The van der Waals surface area contributed by atoms with Crippen LogP contribution in [0.15, 0.2) is 42.7 Å². The van der Waals surface area contributed by atoms with Gasteiger partial charge in [-0.05, 0) is 35.8 Å². The Kier molecular flexibility index (Phi) is 5.42. The molecule has 0 spiro atoms. The van der Waals surface area contributed by atoms with Crippen molar-refractivity contribution in [2.45, 2.75) is 33.4 Å². The lowest BCUT2D eigenvalue weighted by molar-refractivity contribution is 0.262. The fourth-order valence-corrected chi connectivity index (χ4v) is 2.45. The molecule has 6 heteroatoms. The third-order valence-electron chi connectivity index (χ3n) is 3.40. The van der Waals surface area contributed by atoms with Gasteiger partial charge in [0.25, 0.3) is 0 Å². The van der Waals surface area contributed by atoms with E-state index in [-0.39, 0.29) is 11.5 Å². The second-order valence-corrected chi connectivity index (χ2v) is 7.04. The molecule has 1 aromatic heterocycles. The van der Waals surface area contributed by atoms with E-state index in [9.17, 15) is 0 Å². The van der Waals surface area contributed by atoms with Crippen LogP contribution in [0.4, 0.5) is 5.69 Å². The summed E-state index contributed by atoms with van der Waals surface area (Å²) in [4.78, 5) is 0. The monoisotopic (exact) mass is 336 g/mol. The molecule has 22 heavy (non-hydrogen) atoms. The Hall–Kier alpha value is -1.59. The fraction of sp³-hybridized carbons (Fsp3) is 0.375.